The molecule has 2 fully saturated rings. The highest BCUT2D eigenvalue weighted by molar-refractivity contribution is 7.17. The Morgan fingerprint density at radius 1 is 1.30 bits per heavy atom. The van der Waals surface area contributed by atoms with Crippen LogP contribution >= 0.6 is 11.3 Å². The average Bonchev–Trinajstić information content (AvgIpc) is 3.36. The minimum Gasteiger partial charge on any atom is -0.462 e. The molecule has 5 nitrogen and oxygen atoms in total. The number of nitrogens with zero attached hydrogens (tertiary/aromatic N) is 3. The molecule has 2 aliphatic heterocycles. The van der Waals surface area contributed by atoms with Gasteiger partial charge in [-0.25, -0.2) is 9.78 Å². The minimum absolute atomic E-state index is 0.133. The molecule has 27 heavy (non-hydrogen) atoms. The zero-order valence-electron chi connectivity index (χ0n) is 14.6. The van der Waals surface area contributed by atoms with Crippen molar-refractivity contribution in [1.29, 1.82) is 0 Å². The van der Waals surface area contributed by atoms with Gasteiger partial charge in [0.2, 0.25) is 0 Å². The van der Waals surface area contributed by atoms with Crippen molar-refractivity contribution in [3.8, 4) is 0 Å². The number of esters is 1. The molecule has 0 saturated carbocycles. The number of hydrogen-bond acceptors (Lipinski definition) is 6. The molecule has 0 amide bonds. The summed E-state index contributed by atoms with van der Waals surface area (Å²) >= 11 is 1.29. The number of aromatic nitrogens is 1. The van der Waals surface area contributed by atoms with Crippen molar-refractivity contribution in [3.05, 3.63) is 40.9 Å². The van der Waals surface area contributed by atoms with Crippen molar-refractivity contribution in [3.63, 3.8) is 0 Å². The lowest BCUT2D eigenvalue weighted by Gasteiger charge is -2.35. The van der Waals surface area contributed by atoms with E-state index in [1.807, 2.05) is 4.90 Å². The Kier molecular flexibility index (Phi) is 4.49. The summed E-state index contributed by atoms with van der Waals surface area (Å²) in [5, 5.41) is 0.759. The van der Waals surface area contributed by atoms with Crippen molar-refractivity contribution >= 4 is 28.1 Å². The number of piperazine rings is 1. The predicted octanol–water partition coefficient (Wildman–Crippen LogP) is 3.81. The van der Waals surface area contributed by atoms with Crippen LogP contribution in [-0.2, 0) is 10.9 Å². The zero-order chi connectivity index (χ0) is 19.2. The molecule has 3 heterocycles. The quantitative estimate of drug-likeness (QED) is 0.735. The van der Waals surface area contributed by atoms with Gasteiger partial charge < -0.3 is 14.5 Å². The fraction of sp³-hybridized carbons (Fsp3) is 0.444. The number of carbonyl (C=O) groups is 1. The summed E-state index contributed by atoms with van der Waals surface area (Å²) in [7, 11) is 0. The Labute approximate surface area is 158 Å². The van der Waals surface area contributed by atoms with Gasteiger partial charge in [-0.05, 0) is 31.5 Å². The number of ether oxygens (including phenoxy) is 1. The molecular formula is C18H18F3N3O2S. The van der Waals surface area contributed by atoms with E-state index in [1.54, 1.807) is 13.0 Å². The molecule has 2 aromatic rings. The fourth-order valence-electron chi connectivity index (χ4n) is 3.77. The number of hydrogen-bond donors (Lipinski definition) is 0. The van der Waals surface area contributed by atoms with Crippen molar-refractivity contribution in [2.75, 3.05) is 29.5 Å². The van der Waals surface area contributed by atoms with Crippen LogP contribution in [0.5, 0.6) is 0 Å². The molecule has 2 unspecified atom stereocenters. The molecular weight excluding hydrogens is 379 g/mol. The van der Waals surface area contributed by atoms with E-state index in [9.17, 15) is 18.0 Å². The first-order valence-corrected chi connectivity index (χ1v) is 9.52. The van der Waals surface area contributed by atoms with Gasteiger partial charge in [0.05, 0.1) is 24.4 Å². The first-order chi connectivity index (χ1) is 12.9. The number of rotatable bonds is 4. The van der Waals surface area contributed by atoms with E-state index < -0.39 is 11.7 Å². The number of fused-ring (bicyclic) bond motifs is 2. The summed E-state index contributed by atoms with van der Waals surface area (Å²) in [5.41, 5.74) is -0.0260. The van der Waals surface area contributed by atoms with E-state index >= 15 is 0 Å². The first kappa shape index (κ1) is 18.1. The molecule has 0 radical (unpaired) electrons. The summed E-state index contributed by atoms with van der Waals surface area (Å²) in [6.07, 6.45) is -1.95. The Bertz CT molecular complexity index is 854. The summed E-state index contributed by atoms with van der Waals surface area (Å²) in [4.78, 5) is 20.8. The van der Waals surface area contributed by atoms with E-state index in [-0.39, 0.29) is 18.1 Å². The number of thiazole rings is 1. The molecule has 2 bridgehead atoms. The van der Waals surface area contributed by atoms with Gasteiger partial charge in [0.15, 0.2) is 5.13 Å². The Morgan fingerprint density at radius 2 is 2.04 bits per heavy atom. The maximum Gasteiger partial charge on any atom is 0.416 e. The molecule has 0 aliphatic carbocycles. The number of carbonyl (C=O) groups excluding carboxylic acids is 1. The maximum atomic E-state index is 13.0. The SMILES string of the molecule is CCOC(=O)c1cnc(N2CC3CC2CN3c2cccc(C(F)(F)F)c2)s1. The number of halogens is 3. The Balaban J connectivity index is 1.48. The summed E-state index contributed by atoms with van der Waals surface area (Å²) in [5.74, 6) is -0.379. The van der Waals surface area contributed by atoms with Gasteiger partial charge in [0.1, 0.15) is 4.88 Å². The van der Waals surface area contributed by atoms with E-state index in [0.717, 1.165) is 17.6 Å². The minimum atomic E-state index is -4.34. The second-order valence-corrected chi connectivity index (χ2v) is 7.63. The van der Waals surface area contributed by atoms with E-state index in [0.29, 0.717) is 30.3 Å². The molecule has 2 atom stereocenters. The van der Waals surface area contributed by atoms with Crippen LogP contribution in [0.3, 0.4) is 0 Å². The summed E-state index contributed by atoms with van der Waals surface area (Å²) in [6, 6.07) is 5.79. The van der Waals surface area contributed by atoms with Gasteiger partial charge in [-0.3, -0.25) is 0 Å². The largest absolute Gasteiger partial charge is 0.462 e. The van der Waals surface area contributed by atoms with Gasteiger partial charge >= 0.3 is 12.1 Å². The number of alkyl halides is 3. The van der Waals surface area contributed by atoms with Crippen LogP contribution in [0.2, 0.25) is 0 Å². The van der Waals surface area contributed by atoms with Gasteiger partial charge in [-0.1, -0.05) is 17.4 Å². The topological polar surface area (TPSA) is 45.7 Å². The van der Waals surface area contributed by atoms with E-state index in [1.165, 1.54) is 29.7 Å². The van der Waals surface area contributed by atoms with E-state index in [2.05, 4.69) is 9.88 Å². The zero-order valence-corrected chi connectivity index (χ0v) is 15.4. The van der Waals surface area contributed by atoms with Crippen molar-refractivity contribution in [2.24, 2.45) is 0 Å². The van der Waals surface area contributed by atoms with Crippen molar-refractivity contribution < 1.29 is 22.7 Å². The first-order valence-electron chi connectivity index (χ1n) is 8.70. The molecule has 144 valence electrons. The lowest BCUT2D eigenvalue weighted by Crippen LogP contribution is -2.46. The van der Waals surface area contributed by atoms with Crippen molar-refractivity contribution in [2.45, 2.75) is 31.6 Å². The monoisotopic (exact) mass is 397 g/mol. The van der Waals surface area contributed by atoms with Crippen LogP contribution < -0.4 is 9.80 Å². The average molecular weight is 397 g/mol. The van der Waals surface area contributed by atoms with Crippen LogP contribution in [0, 0.1) is 0 Å². The predicted molar refractivity (Wildman–Crippen MR) is 96.4 cm³/mol. The second kappa shape index (κ2) is 6.70. The Morgan fingerprint density at radius 3 is 2.70 bits per heavy atom. The highest BCUT2D eigenvalue weighted by atomic mass is 32.1. The second-order valence-electron chi connectivity index (χ2n) is 6.62. The van der Waals surface area contributed by atoms with Gasteiger partial charge in [-0.15, -0.1) is 0 Å². The molecule has 2 saturated heterocycles. The Hall–Kier alpha value is -2.29. The molecule has 0 spiro atoms. The lowest BCUT2D eigenvalue weighted by atomic mass is 10.1. The van der Waals surface area contributed by atoms with Gasteiger partial charge in [0.25, 0.3) is 0 Å². The van der Waals surface area contributed by atoms with E-state index in [4.69, 9.17) is 4.74 Å². The van der Waals surface area contributed by atoms with Gasteiger partial charge in [-0.2, -0.15) is 13.2 Å². The number of benzene rings is 1. The van der Waals surface area contributed by atoms with Crippen LogP contribution in [0.25, 0.3) is 0 Å². The maximum absolute atomic E-state index is 13.0. The molecule has 1 aromatic carbocycles. The third kappa shape index (κ3) is 3.36. The highest BCUT2D eigenvalue weighted by Crippen LogP contribution is 2.40. The number of anilines is 2. The molecule has 0 N–H and O–H groups in total. The van der Waals surface area contributed by atoms with Gasteiger partial charge in [0, 0.05) is 24.8 Å². The summed E-state index contributed by atoms with van der Waals surface area (Å²) < 4.78 is 43.9. The highest BCUT2D eigenvalue weighted by Gasteiger charge is 2.45. The van der Waals surface area contributed by atoms with Crippen LogP contribution in [0.15, 0.2) is 30.5 Å². The van der Waals surface area contributed by atoms with Crippen LogP contribution in [0.4, 0.5) is 24.0 Å². The third-order valence-electron chi connectivity index (χ3n) is 4.96. The third-order valence-corrected chi connectivity index (χ3v) is 5.98. The molecule has 4 rings (SSSR count). The summed E-state index contributed by atoms with van der Waals surface area (Å²) in [6.45, 7) is 3.38. The standard InChI is InChI=1S/C18H18F3N3O2S/c1-2-26-16(25)15-8-22-17(27-15)24-10-13-7-14(24)9-23(13)12-5-3-4-11(6-12)18(19,20)21/h3-6,8,13-14H,2,7,9-10H2,1H3. The van der Waals surface area contributed by atoms with Crippen LogP contribution in [-0.4, -0.2) is 42.7 Å². The molecule has 1 aromatic heterocycles. The van der Waals surface area contributed by atoms with Crippen molar-refractivity contribution in [1.82, 2.24) is 4.98 Å². The molecule has 9 heteroatoms. The molecule has 2 aliphatic rings. The fourth-order valence-corrected chi connectivity index (χ4v) is 4.66. The van der Waals surface area contributed by atoms with Crippen LogP contribution in [0.1, 0.15) is 28.6 Å². The lowest BCUT2D eigenvalue weighted by molar-refractivity contribution is -0.137. The smallest absolute Gasteiger partial charge is 0.416 e. The normalized spacial score (nSPS) is 21.8.